The predicted octanol–water partition coefficient (Wildman–Crippen LogP) is 5.99. The van der Waals surface area contributed by atoms with Gasteiger partial charge in [-0.1, -0.05) is 39.0 Å². The second kappa shape index (κ2) is 9.24. The summed E-state index contributed by atoms with van der Waals surface area (Å²) in [4.78, 5) is 13.1. The van der Waals surface area contributed by atoms with Gasteiger partial charge < -0.3 is 15.8 Å². The van der Waals surface area contributed by atoms with Gasteiger partial charge in [-0.15, -0.1) is 5.10 Å². The number of alkyl halides is 3. The van der Waals surface area contributed by atoms with Gasteiger partial charge in [-0.05, 0) is 35.7 Å². The highest BCUT2D eigenvalue weighted by molar-refractivity contribution is 5.61. The summed E-state index contributed by atoms with van der Waals surface area (Å²) in [5.41, 5.74) is 6.02. The maximum absolute atomic E-state index is 13.0. The molecule has 0 aliphatic carbocycles. The van der Waals surface area contributed by atoms with Crippen LogP contribution in [0.15, 0.2) is 54.6 Å². The molecule has 4 N–H and O–H groups in total. The van der Waals surface area contributed by atoms with Crippen LogP contribution in [0.3, 0.4) is 0 Å². The first-order valence-corrected chi connectivity index (χ1v) is 10.7. The average Bonchev–Trinajstić information content (AvgIpc) is 3.20. The van der Waals surface area contributed by atoms with E-state index in [9.17, 15) is 13.2 Å². The number of nitrogens with one attached hydrogen (secondary N) is 2. The molecule has 8 nitrogen and oxygen atoms in total. The van der Waals surface area contributed by atoms with Crippen LogP contribution in [0, 0.1) is 5.41 Å². The van der Waals surface area contributed by atoms with Crippen molar-refractivity contribution in [1.29, 1.82) is 0 Å². The fourth-order valence-electron chi connectivity index (χ4n) is 3.27. The molecule has 0 amide bonds. The Labute approximate surface area is 199 Å². The quantitative estimate of drug-likeness (QED) is 0.309. The first-order valence-electron chi connectivity index (χ1n) is 10.7. The Kier molecular flexibility index (Phi) is 6.33. The van der Waals surface area contributed by atoms with Crippen LogP contribution in [0.5, 0.6) is 11.6 Å². The molecule has 2 aromatic carbocycles. The molecule has 11 heteroatoms. The molecule has 35 heavy (non-hydrogen) atoms. The van der Waals surface area contributed by atoms with Crippen LogP contribution >= 0.6 is 0 Å². The molecule has 4 rings (SSSR count). The highest BCUT2D eigenvalue weighted by atomic mass is 19.4. The van der Waals surface area contributed by atoms with Crippen LogP contribution in [-0.4, -0.2) is 25.1 Å². The molecule has 2 aromatic heterocycles. The van der Waals surface area contributed by atoms with Crippen LogP contribution in [0.1, 0.15) is 32.2 Å². The van der Waals surface area contributed by atoms with Crippen molar-refractivity contribution < 1.29 is 17.9 Å². The van der Waals surface area contributed by atoms with Crippen LogP contribution in [0.2, 0.25) is 0 Å². The summed E-state index contributed by atoms with van der Waals surface area (Å²) in [6.45, 7) is 6.24. The molecule has 0 spiro atoms. The van der Waals surface area contributed by atoms with E-state index in [0.29, 0.717) is 41.1 Å². The van der Waals surface area contributed by atoms with E-state index < -0.39 is 11.7 Å². The van der Waals surface area contributed by atoms with E-state index in [4.69, 9.17) is 10.5 Å². The molecule has 0 atom stereocenters. The molecule has 0 aliphatic rings. The summed E-state index contributed by atoms with van der Waals surface area (Å²) in [5, 5.41) is 9.60. The highest BCUT2D eigenvalue weighted by Gasteiger charge is 2.30. The zero-order valence-electron chi connectivity index (χ0n) is 19.3. The minimum absolute atomic E-state index is 0.0168. The zero-order chi connectivity index (χ0) is 25.2. The number of nitrogen functional groups attached to an aromatic ring is 1. The Morgan fingerprint density at radius 2 is 1.74 bits per heavy atom. The molecule has 4 aromatic rings. The number of hydrogen-bond acceptors (Lipinski definition) is 7. The van der Waals surface area contributed by atoms with Crippen LogP contribution in [0.25, 0.3) is 11.4 Å². The highest BCUT2D eigenvalue weighted by Crippen LogP contribution is 2.32. The maximum atomic E-state index is 13.0. The van der Waals surface area contributed by atoms with Crippen molar-refractivity contribution >= 4 is 17.5 Å². The van der Waals surface area contributed by atoms with Crippen molar-refractivity contribution in [2.45, 2.75) is 33.4 Å². The minimum atomic E-state index is -4.44. The van der Waals surface area contributed by atoms with Crippen molar-refractivity contribution in [3.05, 3.63) is 66.0 Å². The smallest absolute Gasteiger partial charge is 0.416 e. The van der Waals surface area contributed by atoms with E-state index in [-0.39, 0.29) is 17.1 Å². The lowest BCUT2D eigenvalue weighted by molar-refractivity contribution is -0.137. The summed E-state index contributed by atoms with van der Waals surface area (Å²) in [6, 6.07) is 13.4. The molecule has 2 heterocycles. The number of halogens is 3. The lowest BCUT2D eigenvalue weighted by atomic mass is 9.92. The third-order valence-electron chi connectivity index (χ3n) is 4.72. The van der Waals surface area contributed by atoms with Crippen molar-refractivity contribution in [2.24, 2.45) is 5.41 Å². The second-order valence-corrected chi connectivity index (χ2v) is 9.13. The second-order valence-electron chi connectivity index (χ2n) is 9.13. The third-order valence-corrected chi connectivity index (χ3v) is 4.72. The van der Waals surface area contributed by atoms with Crippen LogP contribution in [-0.2, 0) is 12.6 Å². The standard InChI is InChI=1S/C24H24F3N7O/c1-23(2,3)13-19-30-18(28)12-20(31-19)35-17-9-4-6-14(10-17)21-32-22(34-33-21)29-16-8-5-7-15(11-16)24(25,26)27/h4-12H,13H2,1-3H3,(H2,28,30,31)(H2,29,32,33,34). The summed E-state index contributed by atoms with van der Waals surface area (Å²) >= 11 is 0. The van der Waals surface area contributed by atoms with Crippen LogP contribution < -0.4 is 15.8 Å². The average molecular weight is 483 g/mol. The third kappa shape index (κ3) is 6.46. The number of nitrogens with two attached hydrogens (primary N) is 1. The number of ether oxygens (including phenoxy) is 1. The first kappa shape index (κ1) is 24.0. The topological polar surface area (TPSA) is 115 Å². The van der Waals surface area contributed by atoms with Gasteiger partial charge >= 0.3 is 6.18 Å². The van der Waals surface area contributed by atoms with E-state index in [2.05, 4.69) is 51.2 Å². The number of aromatic nitrogens is 5. The van der Waals surface area contributed by atoms with E-state index in [1.54, 1.807) is 30.3 Å². The van der Waals surface area contributed by atoms with Gasteiger partial charge in [0.25, 0.3) is 0 Å². The van der Waals surface area contributed by atoms with E-state index >= 15 is 0 Å². The number of anilines is 3. The Bertz CT molecular complexity index is 1330. The Hall–Kier alpha value is -4.15. The zero-order valence-corrected chi connectivity index (χ0v) is 19.3. The van der Waals surface area contributed by atoms with E-state index in [0.717, 1.165) is 12.1 Å². The Morgan fingerprint density at radius 3 is 2.49 bits per heavy atom. The number of H-pyrrole nitrogens is 1. The summed E-state index contributed by atoms with van der Waals surface area (Å²) in [6.07, 6.45) is -3.81. The molecule has 0 saturated carbocycles. The van der Waals surface area contributed by atoms with E-state index in [1.165, 1.54) is 12.1 Å². The fourth-order valence-corrected chi connectivity index (χ4v) is 3.27. The number of benzene rings is 2. The lowest BCUT2D eigenvalue weighted by Gasteiger charge is -2.17. The lowest BCUT2D eigenvalue weighted by Crippen LogP contribution is -2.13. The molecule has 0 fully saturated rings. The molecule has 0 radical (unpaired) electrons. The van der Waals surface area contributed by atoms with Crippen molar-refractivity contribution in [3.8, 4) is 23.0 Å². The normalized spacial score (nSPS) is 11.9. The predicted molar refractivity (Wildman–Crippen MR) is 126 cm³/mol. The Balaban J connectivity index is 1.51. The van der Waals surface area contributed by atoms with Gasteiger partial charge in [0.1, 0.15) is 17.4 Å². The number of nitrogens with zero attached hydrogens (tertiary/aromatic N) is 4. The fraction of sp³-hybridized carbons (Fsp3) is 0.250. The summed E-state index contributed by atoms with van der Waals surface area (Å²) in [5.74, 6) is 2.24. The molecule has 0 saturated heterocycles. The summed E-state index contributed by atoms with van der Waals surface area (Å²) < 4.78 is 44.8. The first-order chi connectivity index (χ1) is 16.4. The van der Waals surface area contributed by atoms with Gasteiger partial charge in [0.2, 0.25) is 11.8 Å². The van der Waals surface area contributed by atoms with Gasteiger partial charge in [0.15, 0.2) is 5.82 Å². The largest absolute Gasteiger partial charge is 0.439 e. The molecular weight excluding hydrogens is 459 g/mol. The van der Waals surface area contributed by atoms with Gasteiger partial charge in [0, 0.05) is 23.7 Å². The number of rotatable bonds is 6. The Morgan fingerprint density at radius 1 is 0.971 bits per heavy atom. The van der Waals surface area contributed by atoms with Gasteiger partial charge in [0.05, 0.1) is 5.56 Å². The molecule has 182 valence electrons. The maximum Gasteiger partial charge on any atom is 0.416 e. The van der Waals surface area contributed by atoms with Crippen molar-refractivity contribution in [1.82, 2.24) is 25.1 Å². The van der Waals surface area contributed by atoms with E-state index in [1.807, 2.05) is 0 Å². The number of aromatic amines is 1. The molecular formula is C24H24F3N7O. The monoisotopic (exact) mass is 483 g/mol. The van der Waals surface area contributed by atoms with Gasteiger partial charge in [-0.3, -0.25) is 5.10 Å². The minimum Gasteiger partial charge on any atom is -0.439 e. The molecule has 0 bridgehead atoms. The summed E-state index contributed by atoms with van der Waals surface area (Å²) in [7, 11) is 0. The SMILES string of the molecule is CC(C)(C)Cc1nc(N)cc(Oc2cccc(-c3nc(Nc4cccc(C(F)(F)F)c4)n[nH]3)c2)n1. The van der Waals surface area contributed by atoms with Gasteiger partial charge in [-0.25, -0.2) is 4.98 Å². The van der Waals surface area contributed by atoms with Gasteiger partial charge in [-0.2, -0.15) is 23.1 Å². The number of hydrogen-bond donors (Lipinski definition) is 3. The van der Waals surface area contributed by atoms with Crippen molar-refractivity contribution in [2.75, 3.05) is 11.1 Å². The van der Waals surface area contributed by atoms with Crippen molar-refractivity contribution in [3.63, 3.8) is 0 Å². The van der Waals surface area contributed by atoms with Crippen LogP contribution in [0.4, 0.5) is 30.6 Å². The molecule has 0 aliphatic heterocycles. The molecule has 0 unspecified atom stereocenters.